The van der Waals surface area contributed by atoms with Crippen LogP contribution < -0.4 is 0 Å². The van der Waals surface area contributed by atoms with E-state index >= 15 is 0 Å². The Morgan fingerprint density at radius 1 is 1.14 bits per heavy atom. The summed E-state index contributed by atoms with van der Waals surface area (Å²) in [5.74, 6) is -2.30. The number of hydrogen-bond acceptors (Lipinski definition) is 8. The smallest absolute Gasteiger partial charge is 0.304 e. The van der Waals surface area contributed by atoms with E-state index in [9.17, 15) is 19.6 Å². The summed E-state index contributed by atoms with van der Waals surface area (Å²) < 4.78 is 20.7. The van der Waals surface area contributed by atoms with E-state index in [1.807, 2.05) is 6.07 Å². The van der Waals surface area contributed by atoms with Crippen LogP contribution in [-0.2, 0) is 33.3 Å². The van der Waals surface area contributed by atoms with Gasteiger partial charge in [-0.25, -0.2) is 0 Å². The molecule has 1 unspecified atom stereocenters. The number of carbonyl (C=O) groups is 3. The summed E-state index contributed by atoms with van der Waals surface area (Å²) in [7, 11) is 0. The van der Waals surface area contributed by atoms with E-state index in [1.165, 1.54) is 20.8 Å². The molecule has 8 heteroatoms. The van der Waals surface area contributed by atoms with Crippen molar-refractivity contribution in [2.45, 2.75) is 51.3 Å². The van der Waals surface area contributed by atoms with Gasteiger partial charge in [-0.05, 0) is 0 Å². The summed E-state index contributed by atoms with van der Waals surface area (Å²) in [6.07, 6.45) is -2.63. The van der Waals surface area contributed by atoms with Crippen molar-refractivity contribution in [3.63, 3.8) is 0 Å². The Balaban J connectivity index is 2.26. The van der Waals surface area contributed by atoms with Gasteiger partial charge in [0, 0.05) is 27.2 Å². The summed E-state index contributed by atoms with van der Waals surface area (Å²) in [5.41, 5.74) is -1.53. The van der Waals surface area contributed by atoms with Gasteiger partial charge in [-0.1, -0.05) is 0 Å². The second-order valence-corrected chi connectivity index (χ2v) is 5.07. The van der Waals surface area contributed by atoms with Crippen molar-refractivity contribution in [2.24, 2.45) is 5.92 Å². The molecule has 2 aliphatic rings. The van der Waals surface area contributed by atoms with Crippen LogP contribution >= 0.6 is 0 Å². The molecule has 2 bridgehead atoms. The monoisotopic (exact) mass is 297 g/mol. The standard InChI is InChI=1S/C13H15NO7/c1-6(15)18-10-9-4-13(5-14,21-8(3)17)11(10)20-12(9)19-7(2)16/h9-12H,4H2,1-3H3/t9-,10?,11-,12-,13+/m1/s1. The highest BCUT2D eigenvalue weighted by atomic mass is 16.7. The molecule has 0 aromatic carbocycles. The zero-order valence-electron chi connectivity index (χ0n) is 11.8. The van der Waals surface area contributed by atoms with Crippen LogP contribution in [0.4, 0.5) is 0 Å². The number of fused-ring (bicyclic) bond motifs is 2. The molecule has 0 N–H and O–H groups in total. The van der Waals surface area contributed by atoms with Crippen LogP contribution in [-0.4, -0.2) is 42.0 Å². The fourth-order valence-electron chi connectivity index (χ4n) is 2.86. The average Bonchev–Trinajstić information content (AvgIpc) is 2.79. The molecule has 0 amide bonds. The minimum Gasteiger partial charge on any atom is -0.459 e. The lowest BCUT2D eigenvalue weighted by molar-refractivity contribution is -0.218. The second kappa shape index (κ2) is 5.33. The third-order valence-corrected chi connectivity index (χ3v) is 3.45. The first-order valence-electron chi connectivity index (χ1n) is 6.40. The molecule has 8 nitrogen and oxygen atoms in total. The van der Waals surface area contributed by atoms with E-state index in [0.717, 1.165) is 0 Å². The fourth-order valence-corrected chi connectivity index (χ4v) is 2.86. The highest BCUT2D eigenvalue weighted by molar-refractivity contribution is 5.68. The molecule has 1 heterocycles. The minimum atomic E-state index is -1.53. The Labute approximate surface area is 120 Å². The first-order chi connectivity index (χ1) is 9.79. The molecule has 1 saturated carbocycles. The number of carbonyl (C=O) groups excluding carboxylic acids is 3. The molecule has 0 aromatic rings. The lowest BCUT2D eigenvalue weighted by Crippen LogP contribution is -2.48. The highest BCUT2D eigenvalue weighted by Gasteiger charge is 2.68. The van der Waals surface area contributed by atoms with Crippen molar-refractivity contribution < 1.29 is 33.3 Å². The molecule has 1 saturated heterocycles. The first-order valence-corrected chi connectivity index (χ1v) is 6.40. The lowest BCUT2D eigenvalue weighted by atomic mass is 9.97. The van der Waals surface area contributed by atoms with Gasteiger partial charge in [-0.2, -0.15) is 5.26 Å². The molecule has 0 aromatic heterocycles. The molecule has 0 spiro atoms. The van der Waals surface area contributed by atoms with Gasteiger partial charge >= 0.3 is 17.9 Å². The first kappa shape index (κ1) is 15.3. The normalized spacial score (nSPS) is 36.7. The molecule has 114 valence electrons. The second-order valence-electron chi connectivity index (χ2n) is 5.07. The van der Waals surface area contributed by atoms with Gasteiger partial charge in [0.25, 0.3) is 0 Å². The topological polar surface area (TPSA) is 112 Å². The maximum absolute atomic E-state index is 11.2. The lowest BCUT2D eigenvalue weighted by Gasteiger charge is -2.32. The van der Waals surface area contributed by atoms with Crippen LogP contribution in [0.15, 0.2) is 0 Å². The van der Waals surface area contributed by atoms with E-state index in [1.54, 1.807) is 0 Å². The van der Waals surface area contributed by atoms with Gasteiger partial charge in [0.05, 0.1) is 5.92 Å². The Morgan fingerprint density at radius 3 is 2.24 bits per heavy atom. The highest BCUT2D eigenvalue weighted by Crippen LogP contribution is 2.50. The minimum absolute atomic E-state index is 0.0731. The Kier molecular flexibility index (Phi) is 3.87. The van der Waals surface area contributed by atoms with Gasteiger partial charge < -0.3 is 18.9 Å². The van der Waals surface area contributed by atoms with Crippen LogP contribution in [0, 0.1) is 17.2 Å². The largest absolute Gasteiger partial charge is 0.459 e. The zero-order valence-corrected chi connectivity index (χ0v) is 11.8. The Hall–Kier alpha value is -2.14. The van der Waals surface area contributed by atoms with Gasteiger partial charge in [0.2, 0.25) is 11.9 Å². The summed E-state index contributed by atoms with van der Waals surface area (Å²) in [5, 5.41) is 9.35. The summed E-state index contributed by atoms with van der Waals surface area (Å²) in [6.45, 7) is 3.62. The molecule has 5 atom stereocenters. The van der Waals surface area contributed by atoms with Crippen LogP contribution in [0.2, 0.25) is 0 Å². The summed E-state index contributed by atoms with van der Waals surface area (Å²) in [6, 6.07) is 1.92. The van der Waals surface area contributed by atoms with E-state index in [4.69, 9.17) is 18.9 Å². The maximum atomic E-state index is 11.2. The molecule has 1 aliphatic heterocycles. The van der Waals surface area contributed by atoms with Crippen molar-refractivity contribution in [3.8, 4) is 6.07 Å². The molecule has 1 aliphatic carbocycles. The molecule has 0 radical (unpaired) electrons. The van der Waals surface area contributed by atoms with Gasteiger partial charge in [-0.3, -0.25) is 14.4 Å². The molecule has 2 rings (SSSR count). The molecular weight excluding hydrogens is 282 g/mol. The fraction of sp³-hybridized carbons (Fsp3) is 0.692. The van der Waals surface area contributed by atoms with Crippen molar-refractivity contribution in [3.05, 3.63) is 0 Å². The quantitative estimate of drug-likeness (QED) is 0.530. The van der Waals surface area contributed by atoms with E-state index < -0.39 is 47.9 Å². The third kappa shape index (κ3) is 2.69. The predicted octanol–water partition coefficient (Wildman–Crippen LogP) is 0.0515. The number of nitriles is 1. The van der Waals surface area contributed by atoms with Crippen LogP contribution in [0.3, 0.4) is 0 Å². The number of ether oxygens (including phenoxy) is 4. The van der Waals surface area contributed by atoms with E-state index in [-0.39, 0.29) is 6.42 Å². The summed E-state index contributed by atoms with van der Waals surface area (Å²) in [4.78, 5) is 33.5. The van der Waals surface area contributed by atoms with Gasteiger partial charge in [-0.15, -0.1) is 0 Å². The maximum Gasteiger partial charge on any atom is 0.304 e. The van der Waals surface area contributed by atoms with E-state index in [0.29, 0.717) is 0 Å². The van der Waals surface area contributed by atoms with Crippen LogP contribution in [0.1, 0.15) is 27.2 Å². The number of hydrogen-bond donors (Lipinski definition) is 0. The van der Waals surface area contributed by atoms with Crippen molar-refractivity contribution in [1.82, 2.24) is 0 Å². The van der Waals surface area contributed by atoms with Gasteiger partial charge in [0.1, 0.15) is 12.2 Å². The number of rotatable bonds is 3. The van der Waals surface area contributed by atoms with Crippen molar-refractivity contribution >= 4 is 17.9 Å². The van der Waals surface area contributed by atoms with Crippen molar-refractivity contribution in [1.29, 1.82) is 5.26 Å². The van der Waals surface area contributed by atoms with E-state index in [2.05, 4.69) is 0 Å². The SMILES string of the molecule is CC(=O)OC1[C@H]2C[C@@](C#N)(OC(C)=O)[C@@H]1O[C@H]2OC(C)=O. The third-order valence-electron chi connectivity index (χ3n) is 3.45. The average molecular weight is 297 g/mol. The van der Waals surface area contributed by atoms with Crippen LogP contribution in [0.5, 0.6) is 0 Å². The zero-order chi connectivity index (χ0) is 15.8. The molecule has 21 heavy (non-hydrogen) atoms. The van der Waals surface area contributed by atoms with Crippen molar-refractivity contribution in [2.75, 3.05) is 0 Å². The number of nitrogens with zero attached hydrogens (tertiary/aromatic N) is 1. The predicted molar refractivity (Wildman–Crippen MR) is 64.2 cm³/mol. The Bertz CT molecular complexity index is 525. The summed E-state index contributed by atoms with van der Waals surface area (Å²) >= 11 is 0. The van der Waals surface area contributed by atoms with Gasteiger partial charge in [0.15, 0.2) is 6.10 Å². The van der Waals surface area contributed by atoms with Crippen LogP contribution in [0.25, 0.3) is 0 Å². The number of esters is 3. The Morgan fingerprint density at radius 2 is 1.76 bits per heavy atom. The molecule has 2 fully saturated rings. The molecular formula is C13H15NO7.